The maximum Gasteiger partial charge on any atom is 0.227 e. The monoisotopic (exact) mass is 276 g/mol. The summed E-state index contributed by atoms with van der Waals surface area (Å²) in [5.41, 5.74) is 0. The molecule has 0 radical (unpaired) electrons. The lowest BCUT2D eigenvalue weighted by molar-refractivity contribution is -0.131. The van der Waals surface area contributed by atoms with E-state index < -0.39 is 0 Å². The molecule has 0 saturated carbocycles. The van der Waals surface area contributed by atoms with Gasteiger partial charge in [-0.25, -0.2) is 0 Å². The van der Waals surface area contributed by atoms with Crippen LogP contribution in [0.15, 0.2) is 29.9 Å². The summed E-state index contributed by atoms with van der Waals surface area (Å²) in [6.45, 7) is 1.60. The third-order valence-electron chi connectivity index (χ3n) is 3.49. The zero-order valence-corrected chi connectivity index (χ0v) is 11.4. The third kappa shape index (κ3) is 2.84. The molecule has 2 aromatic heterocycles. The molecular formula is C13H16N4OS. The van der Waals surface area contributed by atoms with Gasteiger partial charge in [-0.1, -0.05) is 6.07 Å². The van der Waals surface area contributed by atoms with Crippen LogP contribution in [0.5, 0.6) is 0 Å². The van der Waals surface area contributed by atoms with E-state index in [1.807, 2.05) is 22.4 Å². The normalized spacial score (nSPS) is 16.7. The molecule has 0 unspecified atom stereocenters. The molecule has 1 aliphatic heterocycles. The molecule has 1 saturated heterocycles. The van der Waals surface area contributed by atoms with Gasteiger partial charge in [-0.3, -0.25) is 4.79 Å². The number of thiophene rings is 1. The summed E-state index contributed by atoms with van der Waals surface area (Å²) < 4.78 is 0. The number of hydrogen-bond acceptors (Lipinski definition) is 4. The predicted molar refractivity (Wildman–Crippen MR) is 72.9 cm³/mol. The highest BCUT2D eigenvalue weighted by Crippen LogP contribution is 2.21. The van der Waals surface area contributed by atoms with Crippen LogP contribution >= 0.6 is 11.3 Å². The van der Waals surface area contributed by atoms with E-state index in [1.165, 1.54) is 0 Å². The number of nitrogens with zero attached hydrogens (tertiary/aromatic N) is 4. The SMILES string of the molecule is O=C(Cc1cccs1)N1CCC(n2nccn2)CC1. The number of likely N-dealkylation sites (tertiary alicyclic amines) is 1. The minimum Gasteiger partial charge on any atom is -0.342 e. The van der Waals surface area contributed by atoms with Crippen LogP contribution in [-0.2, 0) is 11.2 Å². The molecule has 0 aromatic carbocycles. The Bertz CT molecular complexity index is 515. The number of carbonyl (C=O) groups is 1. The molecule has 0 bridgehead atoms. The van der Waals surface area contributed by atoms with Crippen LogP contribution in [-0.4, -0.2) is 38.9 Å². The third-order valence-corrected chi connectivity index (χ3v) is 4.36. The van der Waals surface area contributed by atoms with E-state index in [-0.39, 0.29) is 5.91 Å². The molecule has 0 spiro atoms. The Morgan fingerprint density at radius 2 is 2.05 bits per heavy atom. The van der Waals surface area contributed by atoms with Gasteiger partial charge in [0.05, 0.1) is 24.9 Å². The summed E-state index contributed by atoms with van der Waals surface area (Å²) in [4.78, 5) is 17.0. The Kier molecular flexibility index (Phi) is 3.59. The highest BCUT2D eigenvalue weighted by atomic mass is 32.1. The average molecular weight is 276 g/mol. The van der Waals surface area contributed by atoms with Crippen LogP contribution in [0.3, 0.4) is 0 Å². The van der Waals surface area contributed by atoms with Crippen LogP contribution in [0.2, 0.25) is 0 Å². The Hall–Kier alpha value is -1.69. The van der Waals surface area contributed by atoms with Crippen molar-refractivity contribution in [3.63, 3.8) is 0 Å². The molecule has 0 N–H and O–H groups in total. The number of aromatic nitrogens is 3. The first-order chi connectivity index (χ1) is 9.33. The van der Waals surface area contributed by atoms with Crippen LogP contribution in [0, 0.1) is 0 Å². The van der Waals surface area contributed by atoms with E-state index in [2.05, 4.69) is 10.2 Å². The standard InChI is InChI=1S/C13H16N4OS/c18-13(10-12-2-1-9-19-12)16-7-3-11(4-8-16)17-14-5-6-15-17/h1-2,5-6,9,11H,3-4,7-8,10H2. The molecule has 1 amide bonds. The van der Waals surface area contributed by atoms with Gasteiger partial charge in [-0.15, -0.1) is 11.3 Å². The van der Waals surface area contributed by atoms with E-state index in [4.69, 9.17) is 0 Å². The lowest BCUT2D eigenvalue weighted by Gasteiger charge is -2.31. The van der Waals surface area contributed by atoms with E-state index in [9.17, 15) is 4.79 Å². The fraction of sp³-hybridized carbons (Fsp3) is 0.462. The second-order valence-electron chi connectivity index (χ2n) is 4.72. The van der Waals surface area contributed by atoms with E-state index >= 15 is 0 Å². The molecule has 0 aliphatic carbocycles. The van der Waals surface area contributed by atoms with Gasteiger partial charge in [0, 0.05) is 18.0 Å². The van der Waals surface area contributed by atoms with Crippen molar-refractivity contribution in [1.29, 1.82) is 0 Å². The Morgan fingerprint density at radius 1 is 1.32 bits per heavy atom. The van der Waals surface area contributed by atoms with Crippen molar-refractivity contribution in [2.45, 2.75) is 25.3 Å². The van der Waals surface area contributed by atoms with Gasteiger partial charge in [0.1, 0.15) is 0 Å². The maximum atomic E-state index is 12.2. The van der Waals surface area contributed by atoms with Gasteiger partial charge in [-0.2, -0.15) is 15.0 Å². The Balaban J connectivity index is 1.54. The first kappa shape index (κ1) is 12.3. The van der Waals surface area contributed by atoms with E-state index in [0.717, 1.165) is 30.8 Å². The molecule has 3 rings (SSSR count). The van der Waals surface area contributed by atoms with Gasteiger partial charge < -0.3 is 4.90 Å². The first-order valence-electron chi connectivity index (χ1n) is 6.49. The summed E-state index contributed by atoms with van der Waals surface area (Å²) in [5.74, 6) is 0.231. The molecule has 1 aliphatic rings. The molecule has 5 nitrogen and oxygen atoms in total. The Labute approximate surface area is 115 Å². The topological polar surface area (TPSA) is 51.0 Å². The van der Waals surface area contributed by atoms with Gasteiger partial charge in [0.25, 0.3) is 0 Å². The number of hydrogen-bond donors (Lipinski definition) is 0. The second kappa shape index (κ2) is 5.52. The van der Waals surface area contributed by atoms with E-state index in [1.54, 1.807) is 28.5 Å². The van der Waals surface area contributed by atoms with Crippen LogP contribution in [0.25, 0.3) is 0 Å². The highest BCUT2D eigenvalue weighted by molar-refractivity contribution is 7.10. The summed E-state index contributed by atoms with van der Waals surface area (Å²) in [7, 11) is 0. The fourth-order valence-corrected chi connectivity index (χ4v) is 3.13. The van der Waals surface area contributed by atoms with Crippen molar-refractivity contribution >= 4 is 17.2 Å². The number of piperidine rings is 1. The summed E-state index contributed by atoms with van der Waals surface area (Å²) in [5, 5.41) is 10.4. The zero-order valence-electron chi connectivity index (χ0n) is 10.6. The first-order valence-corrected chi connectivity index (χ1v) is 7.37. The van der Waals surface area contributed by atoms with Gasteiger partial charge >= 0.3 is 0 Å². The number of amides is 1. The van der Waals surface area contributed by atoms with Gasteiger partial charge in [0.15, 0.2) is 0 Å². The molecule has 3 heterocycles. The van der Waals surface area contributed by atoms with Crippen molar-refractivity contribution < 1.29 is 4.79 Å². The molecule has 19 heavy (non-hydrogen) atoms. The molecule has 2 aromatic rings. The minimum absolute atomic E-state index is 0.231. The lowest BCUT2D eigenvalue weighted by Crippen LogP contribution is -2.40. The lowest BCUT2D eigenvalue weighted by atomic mass is 10.1. The molecule has 0 atom stereocenters. The maximum absolute atomic E-state index is 12.2. The average Bonchev–Trinajstić information content (AvgIpc) is 3.12. The highest BCUT2D eigenvalue weighted by Gasteiger charge is 2.24. The molecular weight excluding hydrogens is 260 g/mol. The number of rotatable bonds is 3. The smallest absolute Gasteiger partial charge is 0.227 e. The number of carbonyl (C=O) groups excluding carboxylic acids is 1. The summed E-state index contributed by atoms with van der Waals surface area (Å²) >= 11 is 1.64. The van der Waals surface area contributed by atoms with Crippen LogP contribution < -0.4 is 0 Å². The minimum atomic E-state index is 0.231. The fourth-order valence-electron chi connectivity index (χ4n) is 2.43. The van der Waals surface area contributed by atoms with Crippen molar-refractivity contribution in [3.05, 3.63) is 34.8 Å². The second-order valence-corrected chi connectivity index (χ2v) is 5.75. The van der Waals surface area contributed by atoms with Crippen LogP contribution in [0.4, 0.5) is 0 Å². The molecule has 1 fully saturated rings. The zero-order chi connectivity index (χ0) is 13.1. The molecule has 100 valence electrons. The van der Waals surface area contributed by atoms with E-state index in [0.29, 0.717) is 12.5 Å². The van der Waals surface area contributed by atoms with Crippen molar-refractivity contribution in [2.24, 2.45) is 0 Å². The largest absolute Gasteiger partial charge is 0.342 e. The quantitative estimate of drug-likeness (QED) is 0.858. The Morgan fingerprint density at radius 3 is 2.68 bits per heavy atom. The van der Waals surface area contributed by atoms with Gasteiger partial charge in [-0.05, 0) is 24.3 Å². The predicted octanol–water partition coefficient (Wildman–Crippen LogP) is 1.75. The van der Waals surface area contributed by atoms with Gasteiger partial charge in [0.2, 0.25) is 5.91 Å². The van der Waals surface area contributed by atoms with Crippen LogP contribution in [0.1, 0.15) is 23.8 Å². The van der Waals surface area contributed by atoms with Crippen molar-refractivity contribution in [1.82, 2.24) is 19.9 Å². The van der Waals surface area contributed by atoms with Crippen molar-refractivity contribution in [3.8, 4) is 0 Å². The summed E-state index contributed by atoms with van der Waals surface area (Å²) in [6, 6.07) is 4.34. The molecule has 6 heteroatoms. The van der Waals surface area contributed by atoms with Crippen molar-refractivity contribution in [2.75, 3.05) is 13.1 Å². The summed E-state index contributed by atoms with van der Waals surface area (Å²) in [6.07, 6.45) is 5.81.